The van der Waals surface area contributed by atoms with Gasteiger partial charge in [0.05, 0.1) is 11.3 Å². The molecule has 1 fully saturated rings. The van der Waals surface area contributed by atoms with Crippen LogP contribution in [-0.4, -0.2) is 29.2 Å². The van der Waals surface area contributed by atoms with Crippen molar-refractivity contribution in [1.29, 1.82) is 0 Å². The van der Waals surface area contributed by atoms with Crippen molar-refractivity contribution in [1.82, 2.24) is 9.78 Å². The number of aldehydes is 1. The van der Waals surface area contributed by atoms with Crippen LogP contribution >= 0.6 is 0 Å². The second-order valence-corrected chi connectivity index (χ2v) is 5.32. The molecule has 18 heavy (non-hydrogen) atoms. The number of aromatic nitrogens is 2. The zero-order valence-electron chi connectivity index (χ0n) is 11.6. The standard InChI is InChI=1S/C14H23N3O/c1-11-13(10-18)14(17(3)15-11)16(2)12-8-6-4-5-7-9-12/h10,12H,4-9H2,1-3H3. The summed E-state index contributed by atoms with van der Waals surface area (Å²) in [6.45, 7) is 1.90. The minimum absolute atomic E-state index is 0.543. The fourth-order valence-corrected chi connectivity index (χ4v) is 3.04. The number of carbonyl (C=O) groups is 1. The van der Waals surface area contributed by atoms with E-state index in [1.807, 2.05) is 18.7 Å². The van der Waals surface area contributed by atoms with Gasteiger partial charge in [0, 0.05) is 20.1 Å². The molecular formula is C14H23N3O. The number of nitrogens with zero attached hydrogens (tertiary/aromatic N) is 3. The molecule has 1 aromatic heterocycles. The monoisotopic (exact) mass is 249 g/mol. The second-order valence-electron chi connectivity index (χ2n) is 5.32. The number of anilines is 1. The van der Waals surface area contributed by atoms with Crippen molar-refractivity contribution >= 4 is 12.1 Å². The first kappa shape index (κ1) is 13.1. The Hall–Kier alpha value is -1.32. The summed E-state index contributed by atoms with van der Waals surface area (Å²) >= 11 is 0. The molecule has 0 atom stereocenters. The fourth-order valence-electron chi connectivity index (χ4n) is 3.04. The van der Waals surface area contributed by atoms with E-state index in [9.17, 15) is 4.79 Å². The van der Waals surface area contributed by atoms with E-state index in [0.29, 0.717) is 6.04 Å². The average molecular weight is 249 g/mol. The van der Waals surface area contributed by atoms with E-state index in [0.717, 1.165) is 23.4 Å². The van der Waals surface area contributed by atoms with Crippen LogP contribution in [0.5, 0.6) is 0 Å². The molecule has 0 N–H and O–H groups in total. The quantitative estimate of drug-likeness (QED) is 0.610. The summed E-state index contributed by atoms with van der Waals surface area (Å²) < 4.78 is 1.84. The number of aryl methyl sites for hydroxylation is 2. The molecule has 0 radical (unpaired) electrons. The van der Waals surface area contributed by atoms with Crippen molar-refractivity contribution < 1.29 is 4.79 Å². The van der Waals surface area contributed by atoms with E-state index >= 15 is 0 Å². The van der Waals surface area contributed by atoms with Gasteiger partial charge in [-0.15, -0.1) is 0 Å². The second kappa shape index (κ2) is 5.55. The summed E-state index contributed by atoms with van der Waals surface area (Å²) in [4.78, 5) is 13.5. The Morgan fingerprint density at radius 3 is 2.44 bits per heavy atom. The first-order valence-electron chi connectivity index (χ1n) is 6.86. The number of carbonyl (C=O) groups excluding carboxylic acids is 1. The minimum atomic E-state index is 0.543. The maximum atomic E-state index is 11.2. The molecule has 0 aromatic carbocycles. The smallest absolute Gasteiger partial charge is 0.155 e. The van der Waals surface area contributed by atoms with Crippen LogP contribution in [0.3, 0.4) is 0 Å². The van der Waals surface area contributed by atoms with Crippen molar-refractivity contribution in [3.05, 3.63) is 11.3 Å². The van der Waals surface area contributed by atoms with E-state index < -0.39 is 0 Å². The maximum absolute atomic E-state index is 11.2. The molecular weight excluding hydrogens is 226 g/mol. The molecule has 1 saturated carbocycles. The third kappa shape index (κ3) is 2.42. The maximum Gasteiger partial charge on any atom is 0.155 e. The molecule has 0 spiro atoms. The van der Waals surface area contributed by atoms with Crippen LogP contribution in [0.25, 0.3) is 0 Å². The summed E-state index contributed by atoms with van der Waals surface area (Å²) in [7, 11) is 4.02. The fraction of sp³-hybridized carbons (Fsp3) is 0.714. The predicted octanol–water partition coefficient (Wildman–Crippen LogP) is 2.70. The van der Waals surface area contributed by atoms with Crippen LogP contribution in [0.4, 0.5) is 5.82 Å². The summed E-state index contributed by atoms with van der Waals surface area (Å²) in [6.07, 6.45) is 8.65. The largest absolute Gasteiger partial charge is 0.356 e. The molecule has 0 amide bonds. The molecule has 4 nitrogen and oxygen atoms in total. The van der Waals surface area contributed by atoms with Crippen LogP contribution in [-0.2, 0) is 7.05 Å². The highest BCUT2D eigenvalue weighted by atomic mass is 16.1. The molecule has 1 aromatic rings. The van der Waals surface area contributed by atoms with Crippen molar-refractivity contribution in [3.8, 4) is 0 Å². The Bertz CT molecular complexity index is 417. The molecule has 4 heteroatoms. The lowest BCUT2D eigenvalue weighted by Gasteiger charge is -2.29. The highest BCUT2D eigenvalue weighted by molar-refractivity contribution is 5.84. The van der Waals surface area contributed by atoms with Crippen LogP contribution in [0.2, 0.25) is 0 Å². The van der Waals surface area contributed by atoms with Crippen LogP contribution in [0.1, 0.15) is 54.6 Å². The van der Waals surface area contributed by atoms with Crippen molar-refractivity contribution in [3.63, 3.8) is 0 Å². The van der Waals surface area contributed by atoms with Crippen molar-refractivity contribution in [2.75, 3.05) is 11.9 Å². The van der Waals surface area contributed by atoms with Gasteiger partial charge in [-0.2, -0.15) is 5.10 Å². The average Bonchev–Trinajstić information content (AvgIpc) is 2.57. The molecule has 100 valence electrons. The Morgan fingerprint density at radius 1 is 1.28 bits per heavy atom. The topological polar surface area (TPSA) is 38.1 Å². The van der Waals surface area contributed by atoms with Gasteiger partial charge in [0.25, 0.3) is 0 Å². The van der Waals surface area contributed by atoms with Gasteiger partial charge in [0.1, 0.15) is 5.82 Å². The van der Waals surface area contributed by atoms with Crippen LogP contribution < -0.4 is 4.90 Å². The van der Waals surface area contributed by atoms with Gasteiger partial charge >= 0.3 is 0 Å². The third-order valence-electron chi connectivity index (χ3n) is 4.06. The zero-order chi connectivity index (χ0) is 13.1. The lowest BCUT2D eigenvalue weighted by molar-refractivity contribution is 0.112. The Kier molecular flexibility index (Phi) is 4.04. The zero-order valence-corrected chi connectivity index (χ0v) is 11.6. The van der Waals surface area contributed by atoms with Crippen molar-refractivity contribution in [2.24, 2.45) is 7.05 Å². The van der Waals surface area contributed by atoms with Gasteiger partial charge in [-0.25, -0.2) is 0 Å². The lowest BCUT2D eigenvalue weighted by atomic mass is 10.1. The van der Waals surface area contributed by atoms with Gasteiger partial charge < -0.3 is 4.90 Å². The number of hydrogen-bond donors (Lipinski definition) is 0. The Labute approximate surface area is 109 Å². The van der Waals surface area contributed by atoms with Gasteiger partial charge in [0.15, 0.2) is 6.29 Å². The third-order valence-corrected chi connectivity index (χ3v) is 4.06. The molecule has 1 heterocycles. The SMILES string of the molecule is Cc1nn(C)c(N(C)C2CCCCCC2)c1C=O. The first-order chi connectivity index (χ1) is 8.65. The van der Waals surface area contributed by atoms with Crippen LogP contribution in [0.15, 0.2) is 0 Å². The minimum Gasteiger partial charge on any atom is -0.356 e. The highest BCUT2D eigenvalue weighted by Gasteiger charge is 2.23. The van der Waals surface area contributed by atoms with E-state index in [1.54, 1.807) is 0 Å². The first-order valence-corrected chi connectivity index (χ1v) is 6.86. The predicted molar refractivity (Wildman–Crippen MR) is 73.2 cm³/mol. The summed E-state index contributed by atoms with van der Waals surface area (Å²) in [5.41, 5.74) is 1.56. The van der Waals surface area contributed by atoms with Gasteiger partial charge in [0.2, 0.25) is 0 Å². The van der Waals surface area contributed by atoms with Crippen LogP contribution in [0, 0.1) is 6.92 Å². The Morgan fingerprint density at radius 2 is 1.89 bits per heavy atom. The Balaban J connectivity index is 2.26. The summed E-state index contributed by atoms with van der Waals surface area (Å²) in [6, 6.07) is 0.543. The molecule has 0 saturated heterocycles. The normalized spacial score (nSPS) is 17.5. The number of hydrogen-bond acceptors (Lipinski definition) is 3. The van der Waals surface area contributed by atoms with E-state index in [1.165, 1.54) is 38.5 Å². The molecule has 0 unspecified atom stereocenters. The molecule has 2 rings (SSSR count). The van der Waals surface area contributed by atoms with Gasteiger partial charge in [-0.1, -0.05) is 25.7 Å². The van der Waals surface area contributed by atoms with Gasteiger partial charge in [-0.3, -0.25) is 9.48 Å². The molecule has 0 bridgehead atoms. The molecule has 1 aliphatic carbocycles. The lowest BCUT2D eigenvalue weighted by Crippen LogP contribution is -2.33. The van der Waals surface area contributed by atoms with Gasteiger partial charge in [-0.05, 0) is 19.8 Å². The summed E-state index contributed by atoms with van der Waals surface area (Å²) in [5.74, 6) is 0.967. The summed E-state index contributed by atoms with van der Waals surface area (Å²) in [5, 5.41) is 4.36. The van der Waals surface area contributed by atoms with Crippen molar-refractivity contribution in [2.45, 2.75) is 51.5 Å². The highest BCUT2D eigenvalue weighted by Crippen LogP contribution is 2.28. The number of rotatable bonds is 3. The van der Waals surface area contributed by atoms with E-state index in [-0.39, 0.29) is 0 Å². The van der Waals surface area contributed by atoms with E-state index in [4.69, 9.17) is 0 Å². The van der Waals surface area contributed by atoms with E-state index in [2.05, 4.69) is 17.0 Å². The molecule has 1 aliphatic rings. The molecule has 0 aliphatic heterocycles.